The van der Waals surface area contributed by atoms with E-state index in [1.54, 1.807) is 16.8 Å². The van der Waals surface area contributed by atoms with Crippen LogP contribution in [0.25, 0.3) is 0 Å². The molecule has 2 aromatic rings. The molecule has 0 atom stereocenters. The van der Waals surface area contributed by atoms with Gasteiger partial charge in [0.2, 0.25) is 0 Å². The highest BCUT2D eigenvalue weighted by molar-refractivity contribution is 14.1. The Hall–Kier alpha value is -1.15. The van der Waals surface area contributed by atoms with Crippen LogP contribution in [0.1, 0.15) is 17.3 Å². The topological polar surface area (TPSA) is 51.1 Å². The molecule has 0 saturated heterocycles. The number of thiophene rings is 1. The van der Waals surface area contributed by atoms with Crippen molar-refractivity contribution in [1.29, 1.82) is 0 Å². The maximum Gasteiger partial charge on any atom is 0.256 e. The Bertz CT molecular complexity index is 633. The summed E-state index contributed by atoms with van der Waals surface area (Å²) >= 11 is 3.70. The Kier molecular flexibility index (Phi) is 4.18. The van der Waals surface area contributed by atoms with Crippen molar-refractivity contribution in [1.82, 2.24) is 4.57 Å². The van der Waals surface area contributed by atoms with E-state index in [-0.39, 0.29) is 11.5 Å². The molecule has 0 aromatic carbocycles. The molecule has 2 rings (SSSR count). The first-order chi connectivity index (χ1) is 8.60. The molecule has 1 amide bonds. The fourth-order valence-electron chi connectivity index (χ4n) is 1.48. The monoisotopic (exact) mass is 374 g/mol. The number of hydrogen-bond donors (Lipinski definition) is 1. The SMILES string of the molecule is CCn1cc(NC(=O)c2csc(I)c2)ccc1=O. The van der Waals surface area contributed by atoms with Gasteiger partial charge in [0.05, 0.1) is 14.1 Å². The van der Waals surface area contributed by atoms with E-state index in [1.807, 2.05) is 18.4 Å². The van der Waals surface area contributed by atoms with E-state index < -0.39 is 0 Å². The molecule has 0 spiro atoms. The minimum absolute atomic E-state index is 0.0689. The molecule has 1 N–H and O–H groups in total. The van der Waals surface area contributed by atoms with E-state index >= 15 is 0 Å². The number of pyridine rings is 1. The Balaban J connectivity index is 2.19. The molecular weight excluding hydrogens is 363 g/mol. The Morgan fingerprint density at radius 3 is 2.89 bits per heavy atom. The standard InChI is InChI=1S/C12H11IN2O2S/c1-2-15-6-9(3-4-11(15)16)14-12(17)8-5-10(13)18-7-8/h3-7H,2H2,1H3,(H,14,17). The van der Waals surface area contributed by atoms with Gasteiger partial charge in [0.15, 0.2) is 0 Å². The van der Waals surface area contributed by atoms with Crippen molar-refractivity contribution in [3.63, 3.8) is 0 Å². The van der Waals surface area contributed by atoms with Gasteiger partial charge in [-0.25, -0.2) is 0 Å². The highest BCUT2D eigenvalue weighted by Crippen LogP contribution is 2.17. The number of carbonyl (C=O) groups is 1. The summed E-state index contributed by atoms with van der Waals surface area (Å²) in [5, 5.41) is 4.59. The quantitative estimate of drug-likeness (QED) is 0.841. The third-order valence-corrected chi connectivity index (χ3v) is 4.20. The molecule has 0 aliphatic carbocycles. The zero-order chi connectivity index (χ0) is 13.1. The van der Waals surface area contributed by atoms with Crippen molar-refractivity contribution in [2.75, 3.05) is 5.32 Å². The van der Waals surface area contributed by atoms with Crippen molar-refractivity contribution in [3.8, 4) is 0 Å². The average molecular weight is 374 g/mol. The second-order valence-corrected chi connectivity index (χ2v) is 6.44. The largest absolute Gasteiger partial charge is 0.321 e. The number of hydrogen-bond acceptors (Lipinski definition) is 3. The number of rotatable bonds is 3. The van der Waals surface area contributed by atoms with Crippen molar-refractivity contribution in [2.24, 2.45) is 0 Å². The Morgan fingerprint density at radius 2 is 2.28 bits per heavy atom. The molecular formula is C12H11IN2O2S. The summed E-state index contributed by atoms with van der Waals surface area (Å²) in [4.78, 5) is 23.3. The van der Waals surface area contributed by atoms with Gasteiger partial charge in [-0.1, -0.05) is 0 Å². The van der Waals surface area contributed by atoms with Gasteiger partial charge in [0, 0.05) is 24.2 Å². The van der Waals surface area contributed by atoms with Gasteiger partial charge in [-0.05, 0) is 41.6 Å². The lowest BCUT2D eigenvalue weighted by Gasteiger charge is -2.06. The highest BCUT2D eigenvalue weighted by atomic mass is 127. The molecule has 6 heteroatoms. The van der Waals surface area contributed by atoms with Crippen LogP contribution >= 0.6 is 33.9 Å². The fraction of sp³-hybridized carbons (Fsp3) is 0.167. The molecule has 4 nitrogen and oxygen atoms in total. The predicted octanol–water partition coefficient (Wildman–Crippen LogP) is 2.79. The predicted molar refractivity (Wildman–Crippen MR) is 81.4 cm³/mol. The van der Waals surface area contributed by atoms with Crippen LogP contribution in [-0.2, 0) is 6.54 Å². The maximum atomic E-state index is 11.9. The number of carbonyl (C=O) groups excluding carboxylic acids is 1. The van der Waals surface area contributed by atoms with E-state index in [4.69, 9.17) is 0 Å². The van der Waals surface area contributed by atoms with Gasteiger partial charge >= 0.3 is 0 Å². The summed E-state index contributed by atoms with van der Waals surface area (Å²) in [7, 11) is 0. The second kappa shape index (κ2) is 5.66. The third kappa shape index (κ3) is 2.99. The molecule has 2 heterocycles. The smallest absolute Gasteiger partial charge is 0.256 e. The summed E-state index contributed by atoms with van der Waals surface area (Å²) in [5.74, 6) is -0.157. The fourth-order valence-corrected chi connectivity index (χ4v) is 2.81. The molecule has 0 saturated carbocycles. The molecule has 0 radical (unpaired) electrons. The lowest BCUT2D eigenvalue weighted by atomic mass is 10.3. The van der Waals surface area contributed by atoms with E-state index in [9.17, 15) is 9.59 Å². The van der Waals surface area contributed by atoms with Crippen LogP contribution < -0.4 is 10.9 Å². The van der Waals surface area contributed by atoms with Crippen LogP contribution in [0.5, 0.6) is 0 Å². The molecule has 2 aromatic heterocycles. The number of halogens is 1. The van der Waals surface area contributed by atoms with Crippen LogP contribution in [0.4, 0.5) is 5.69 Å². The van der Waals surface area contributed by atoms with Gasteiger partial charge in [-0.15, -0.1) is 11.3 Å². The van der Waals surface area contributed by atoms with Crippen LogP contribution in [-0.4, -0.2) is 10.5 Å². The highest BCUT2D eigenvalue weighted by Gasteiger charge is 2.08. The third-order valence-electron chi connectivity index (χ3n) is 2.41. The molecule has 0 unspecified atom stereocenters. The molecule has 0 fully saturated rings. The second-order valence-electron chi connectivity index (χ2n) is 3.64. The van der Waals surface area contributed by atoms with Crippen LogP contribution in [0.2, 0.25) is 0 Å². The summed E-state index contributed by atoms with van der Waals surface area (Å²) < 4.78 is 2.61. The summed E-state index contributed by atoms with van der Waals surface area (Å²) in [6.07, 6.45) is 1.65. The van der Waals surface area contributed by atoms with Crippen molar-refractivity contribution < 1.29 is 4.79 Å². The van der Waals surface area contributed by atoms with Crippen LogP contribution in [0.15, 0.2) is 34.6 Å². The average Bonchev–Trinajstić information content (AvgIpc) is 2.78. The van der Waals surface area contributed by atoms with Gasteiger partial charge in [0.25, 0.3) is 11.5 Å². The van der Waals surface area contributed by atoms with E-state index in [1.165, 1.54) is 17.4 Å². The Labute approximate surface area is 122 Å². The van der Waals surface area contributed by atoms with E-state index in [2.05, 4.69) is 27.9 Å². The number of anilines is 1. The number of aryl methyl sites for hydroxylation is 1. The van der Waals surface area contributed by atoms with Crippen LogP contribution in [0, 0.1) is 2.88 Å². The lowest BCUT2D eigenvalue weighted by Crippen LogP contribution is -2.19. The molecule has 18 heavy (non-hydrogen) atoms. The van der Waals surface area contributed by atoms with E-state index in [0.717, 1.165) is 2.88 Å². The van der Waals surface area contributed by atoms with Crippen molar-refractivity contribution >= 4 is 45.5 Å². The molecule has 0 aliphatic heterocycles. The lowest BCUT2D eigenvalue weighted by molar-refractivity contribution is 0.102. The summed E-state index contributed by atoms with van der Waals surface area (Å²) in [5.41, 5.74) is 1.20. The number of nitrogens with one attached hydrogen (secondary N) is 1. The van der Waals surface area contributed by atoms with Gasteiger partial charge in [0.1, 0.15) is 0 Å². The summed E-state index contributed by atoms with van der Waals surface area (Å²) in [6, 6.07) is 4.90. The molecule has 0 aliphatic rings. The first-order valence-electron chi connectivity index (χ1n) is 5.36. The number of aromatic nitrogens is 1. The maximum absolute atomic E-state index is 11.9. The number of nitrogens with zero attached hydrogens (tertiary/aromatic N) is 1. The first kappa shape index (κ1) is 13.3. The number of amides is 1. The van der Waals surface area contributed by atoms with Gasteiger partial charge in [-0.2, -0.15) is 0 Å². The minimum Gasteiger partial charge on any atom is -0.321 e. The first-order valence-corrected chi connectivity index (χ1v) is 7.32. The van der Waals surface area contributed by atoms with E-state index in [0.29, 0.717) is 17.8 Å². The van der Waals surface area contributed by atoms with Gasteiger partial charge < -0.3 is 9.88 Å². The molecule has 94 valence electrons. The zero-order valence-electron chi connectivity index (χ0n) is 9.64. The Morgan fingerprint density at radius 1 is 1.50 bits per heavy atom. The van der Waals surface area contributed by atoms with Crippen molar-refractivity contribution in [3.05, 3.63) is 48.6 Å². The summed E-state index contributed by atoms with van der Waals surface area (Å²) in [6.45, 7) is 2.47. The van der Waals surface area contributed by atoms with Crippen molar-refractivity contribution in [2.45, 2.75) is 13.5 Å². The van der Waals surface area contributed by atoms with Crippen LogP contribution in [0.3, 0.4) is 0 Å². The minimum atomic E-state index is -0.157. The molecule has 0 bridgehead atoms. The normalized spacial score (nSPS) is 10.3. The van der Waals surface area contributed by atoms with Gasteiger partial charge in [-0.3, -0.25) is 9.59 Å². The zero-order valence-corrected chi connectivity index (χ0v) is 12.6.